The van der Waals surface area contributed by atoms with Gasteiger partial charge in [0.05, 0.1) is 0 Å². The van der Waals surface area contributed by atoms with Crippen LogP contribution >= 0.6 is 0 Å². The quantitative estimate of drug-likeness (QED) is 0.761. The number of nitrogens with one attached hydrogen (secondary N) is 2. The third kappa shape index (κ3) is 1.66. The van der Waals surface area contributed by atoms with Crippen LogP contribution in [0.15, 0.2) is 24.4 Å². The van der Waals surface area contributed by atoms with Crippen molar-refractivity contribution in [1.29, 1.82) is 0 Å². The Morgan fingerprint density at radius 2 is 2.21 bits per heavy atom. The molecule has 0 radical (unpaired) electrons. The van der Waals surface area contributed by atoms with Gasteiger partial charge in [-0.15, -0.1) is 0 Å². The van der Waals surface area contributed by atoms with E-state index in [0.29, 0.717) is 0 Å². The zero-order valence-corrected chi connectivity index (χ0v) is 8.72. The van der Waals surface area contributed by atoms with Crippen molar-refractivity contribution in [2.24, 2.45) is 0 Å². The summed E-state index contributed by atoms with van der Waals surface area (Å²) >= 11 is 0. The van der Waals surface area contributed by atoms with Gasteiger partial charge in [-0.05, 0) is 31.2 Å². The smallest absolute Gasteiger partial charge is 0.0457 e. The van der Waals surface area contributed by atoms with Crippen LogP contribution in [0.4, 0.5) is 0 Å². The van der Waals surface area contributed by atoms with E-state index in [2.05, 4.69) is 48.5 Å². The van der Waals surface area contributed by atoms with Gasteiger partial charge in [-0.1, -0.05) is 18.6 Å². The monoisotopic (exact) mass is 188 g/mol. The van der Waals surface area contributed by atoms with Crippen LogP contribution in [0, 0.1) is 6.92 Å². The third-order valence-electron chi connectivity index (χ3n) is 2.49. The van der Waals surface area contributed by atoms with E-state index in [-0.39, 0.29) is 0 Å². The number of fused-ring (bicyclic) bond motifs is 1. The molecule has 74 valence electrons. The van der Waals surface area contributed by atoms with Gasteiger partial charge in [0.25, 0.3) is 0 Å². The normalized spacial score (nSPS) is 11.0. The maximum absolute atomic E-state index is 3.34. The van der Waals surface area contributed by atoms with Crippen LogP contribution in [-0.2, 0) is 6.54 Å². The zero-order chi connectivity index (χ0) is 9.97. The SMILES string of the molecule is CCNCc1c[nH]c2ccc(C)cc12. The molecular formula is C12H16N2. The minimum absolute atomic E-state index is 0.944. The van der Waals surface area contributed by atoms with Crippen molar-refractivity contribution in [2.75, 3.05) is 6.54 Å². The molecule has 0 spiro atoms. The summed E-state index contributed by atoms with van der Waals surface area (Å²) in [5, 5.41) is 4.68. The highest BCUT2D eigenvalue weighted by Gasteiger charge is 2.02. The van der Waals surface area contributed by atoms with Gasteiger partial charge in [0.15, 0.2) is 0 Å². The van der Waals surface area contributed by atoms with Crippen molar-refractivity contribution in [2.45, 2.75) is 20.4 Å². The molecule has 1 heterocycles. The fourth-order valence-corrected chi connectivity index (χ4v) is 1.70. The summed E-state index contributed by atoms with van der Waals surface area (Å²) in [5.74, 6) is 0. The van der Waals surface area contributed by atoms with Crippen molar-refractivity contribution in [3.8, 4) is 0 Å². The van der Waals surface area contributed by atoms with E-state index in [1.807, 2.05) is 0 Å². The van der Waals surface area contributed by atoms with Crippen LogP contribution in [0.5, 0.6) is 0 Å². The predicted octanol–water partition coefficient (Wildman–Crippen LogP) is 2.59. The van der Waals surface area contributed by atoms with E-state index in [1.54, 1.807) is 0 Å². The molecule has 0 saturated carbocycles. The van der Waals surface area contributed by atoms with E-state index in [1.165, 1.54) is 22.0 Å². The molecule has 2 N–H and O–H groups in total. The highest BCUT2D eigenvalue weighted by molar-refractivity contribution is 5.83. The molecular weight excluding hydrogens is 172 g/mol. The van der Waals surface area contributed by atoms with Gasteiger partial charge >= 0.3 is 0 Å². The molecule has 1 aromatic carbocycles. The Bertz CT molecular complexity index is 429. The number of hydrogen-bond acceptors (Lipinski definition) is 1. The highest BCUT2D eigenvalue weighted by atomic mass is 14.8. The molecule has 0 aliphatic rings. The van der Waals surface area contributed by atoms with Gasteiger partial charge in [0.1, 0.15) is 0 Å². The molecule has 0 aliphatic heterocycles. The molecule has 0 fully saturated rings. The fourth-order valence-electron chi connectivity index (χ4n) is 1.70. The lowest BCUT2D eigenvalue weighted by Gasteiger charge is -2.00. The Morgan fingerprint density at radius 1 is 1.36 bits per heavy atom. The summed E-state index contributed by atoms with van der Waals surface area (Å²) in [6.07, 6.45) is 2.09. The first-order valence-electron chi connectivity index (χ1n) is 5.08. The Morgan fingerprint density at radius 3 is 3.00 bits per heavy atom. The minimum Gasteiger partial charge on any atom is -0.361 e. The molecule has 2 heteroatoms. The van der Waals surface area contributed by atoms with Crippen LogP contribution in [0.25, 0.3) is 10.9 Å². The first kappa shape index (κ1) is 9.28. The zero-order valence-electron chi connectivity index (χ0n) is 8.72. The van der Waals surface area contributed by atoms with Gasteiger partial charge in [-0.2, -0.15) is 0 Å². The third-order valence-corrected chi connectivity index (χ3v) is 2.49. The summed E-state index contributed by atoms with van der Waals surface area (Å²) in [6.45, 7) is 6.21. The number of benzene rings is 1. The van der Waals surface area contributed by atoms with Gasteiger partial charge < -0.3 is 10.3 Å². The lowest BCUT2D eigenvalue weighted by Crippen LogP contribution is -2.11. The molecule has 2 nitrogen and oxygen atoms in total. The number of aromatic amines is 1. The van der Waals surface area contributed by atoms with E-state index in [4.69, 9.17) is 0 Å². The summed E-state index contributed by atoms with van der Waals surface area (Å²) in [5.41, 5.74) is 3.89. The molecule has 14 heavy (non-hydrogen) atoms. The van der Waals surface area contributed by atoms with Crippen LogP contribution < -0.4 is 5.32 Å². The number of hydrogen-bond donors (Lipinski definition) is 2. The van der Waals surface area contributed by atoms with Crippen molar-refractivity contribution in [3.63, 3.8) is 0 Å². The largest absolute Gasteiger partial charge is 0.361 e. The van der Waals surface area contributed by atoms with Crippen molar-refractivity contribution in [1.82, 2.24) is 10.3 Å². The molecule has 0 saturated heterocycles. The van der Waals surface area contributed by atoms with Crippen molar-refractivity contribution >= 4 is 10.9 Å². The molecule has 2 rings (SSSR count). The molecule has 1 aromatic heterocycles. The standard InChI is InChI=1S/C12H16N2/c1-3-13-7-10-8-14-12-5-4-9(2)6-11(10)12/h4-6,8,13-14H,3,7H2,1-2H3. The van der Waals surface area contributed by atoms with Crippen LogP contribution in [0.2, 0.25) is 0 Å². The topological polar surface area (TPSA) is 27.8 Å². The van der Waals surface area contributed by atoms with Crippen LogP contribution in [0.3, 0.4) is 0 Å². The molecule has 0 unspecified atom stereocenters. The number of rotatable bonds is 3. The molecule has 0 aliphatic carbocycles. The number of aromatic nitrogens is 1. The lowest BCUT2D eigenvalue weighted by atomic mass is 10.1. The Kier molecular flexibility index (Phi) is 2.55. The fraction of sp³-hybridized carbons (Fsp3) is 0.333. The number of aryl methyl sites for hydroxylation is 1. The van der Waals surface area contributed by atoms with E-state index in [9.17, 15) is 0 Å². The number of H-pyrrole nitrogens is 1. The summed E-state index contributed by atoms with van der Waals surface area (Å²) in [4.78, 5) is 3.28. The van der Waals surface area contributed by atoms with Gasteiger partial charge in [-0.25, -0.2) is 0 Å². The Labute approximate surface area is 84.3 Å². The average molecular weight is 188 g/mol. The second-order valence-corrected chi connectivity index (χ2v) is 3.64. The lowest BCUT2D eigenvalue weighted by molar-refractivity contribution is 0.730. The second-order valence-electron chi connectivity index (χ2n) is 3.64. The highest BCUT2D eigenvalue weighted by Crippen LogP contribution is 2.19. The van der Waals surface area contributed by atoms with E-state index in [0.717, 1.165) is 13.1 Å². The van der Waals surface area contributed by atoms with Crippen LogP contribution in [0.1, 0.15) is 18.1 Å². The molecule has 0 atom stereocenters. The average Bonchev–Trinajstić information content (AvgIpc) is 2.57. The van der Waals surface area contributed by atoms with Gasteiger partial charge in [-0.3, -0.25) is 0 Å². The predicted molar refractivity (Wildman–Crippen MR) is 60.4 cm³/mol. The molecule has 0 bridgehead atoms. The van der Waals surface area contributed by atoms with Crippen molar-refractivity contribution < 1.29 is 0 Å². The van der Waals surface area contributed by atoms with Crippen molar-refractivity contribution in [3.05, 3.63) is 35.5 Å². The maximum Gasteiger partial charge on any atom is 0.0457 e. The van der Waals surface area contributed by atoms with Crippen LogP contribution in [-0.4, -0.2) is 11.5 Å². The van der Waals surface area contributed by atoms with E-state index < -0.39 is 0 Å². The molecule has 0 amide bonds. The Balaban J connectivity index is 2.40. The summed E-state index contributed by atoms with van der Waals surface area (Å²) < 4.78 is 0. The van der Waals surface area contributed by atoms with Gasteiger partial charge in [0, 0.05) is 23.6 Å². The maximum atomic E-state index is 3.34. The summed E-state index contributed by atoms with van der Waals surface area (Å²) in [7, 11) is 0. The second kappa shape index (κ2) is 3.84. The first-order valence-corrected chi connectivity index (χ1v) is 5.08. The van der Waals surface area contributed by atoms with E-state index >= 15 is 0 Å². The molecule has 2 aromatic rings. The van der Waals surface area contributed by atoms with Gasteiger partial charge in [0.2, 0.25) is 0 Å². The Hall–Kier alpha value is -1.28. The minimum atomic E-state index is 0.944. The summed E-state index contributed by atoms with van der Waals surface area (Å²) in [6, 6.07) is 6.51. The first-order chi connectivity index (χ1) is 6.81.